The predicted octanol–water partition coefficient (Wildman–Crippen LogP) is 5.12. The summed E-state index contributed by atoms with van der Waals surface area (Å²) in [6.07, 6.45) is 4.18. The monoisotopic (exact) mass is 333 g/mol. The second-order valence-corrected chi connectivity index (χ2v) is 6.88. The molecule has 3 nitrogen and oxygen atoms in total. The molecule has 0 radical (unpaired) electrons. The van der Waals surface area contributed by atoms with Gasteiger partial charge < -0.3 is 9.63 Å². The summed E-state index contributed by atoms with van der Waals surface area (Å²) in [7, 11) is 0. The highest BCUT2D eigenvalue weighted by atomic mass is 16.5. The summed E-state index contributed by atoms with van der Waals surface area (Å²) in [6.45, 7) is 2.13. The maximum Gasteiger partial charge on any atom is 0.170 e. The average molecular weight is 333 g/mol. The molecular formula is C22H23NO2. The zero-order valence-electron chi connectivity index (χ0n) is 14.5. The highest BCUT2D eigenvalue weighted by Gasteiger charge is 2.23. The van der Waals surface area contributed by atoms with E-state index in [9.17, 15) is 0 Å². The summed E-state index contributed by atoms with van der Waals surface area (Å²) in [4.78, 5) is 0. The highest BCUT2D eigenvalue weighted by Crippen LogP contribution is 2.40. The van der Waals surface area contributed by atoms with E-state index in [-0.39, 0.29) is 6.61 Å². The molecule has 0 amide bonds. The minimum absolute atomic E-state index is 0.180. The van der Waals surface area contributed by atoms with Crippen LogP contribution in [0.2, 0.25) is 0 Å². The molecule has 25 heavy (non-hydrogen) atoms. The Morgan fingerprint density at radius 2 is 1.56 bits per heavy atom. The van der Waals surface area contributed by atoms with Crippen LogP contribution in [0.15, 0.2) is 53.1 Å². The lowest BCUT2D eigenvalue weighted by Gasteiger charge is -2.06. The van der Waals surface area contributed by atoms with Crippen molar-refractivity contribution in [2.45, 2.75) is 38.5 Å². The molecule has 1 heterocycles. The Bertz CT molecular complexity index is 843. The van der Waals surface area contributed by atoms with Crippen LogP contribution < -0.4 is 0 Å². The molecule has 1 N–H and O–H groups in total. The standard InChI is InChI=1S/C22H23NO2/c1-15-21(3-2-14-24)22(25-23-15)20-12-10-19(11-13-20)18-8-6-17(7-9-18)16-4-5-16/h6-13,16,24H,2-5,14H2,1H3. The van der Waals surface area contributed by atoms with E-state index in [0.29, 0.717) is 0 Å². The molecule has 0 aliphatic heterocycles. The third-order valence-corrected chi connectivity index (χ3v) is 5.01. The molecule has 1 aliphatic rings. The van der Waals surface area contributed by atoms with E-state index in [1.165, 1.54) is 29.5 Å². The van der Waals surface area contributed by atoms with Gasteiger partial charge in [0.15, 0.2) is 5.76 Å². The molecule has 2 aromatic carbocycles. The van der Waals surface area contributed by atoms with Crippen LogP contribution in [0.1, 0.15) is 42.0 Å². The molecule has 3 heteroatoms. The number of aryl methyl sites for hydroxylation is 1. The number of hydrogen-bond donors (Lipinski definition) is 1. The van der Waals surface area contributed by atoms with Crippen molar-refractivity contribution >= 4 is 0 Å². The Kier molecular flexibility index (Phi) is 4.41. The van der Waals surface area contributed by atoms with Gasteiger partial charge in [-0.2, -0.15) is 0 Å². The zero-order valence-corrected chi connectivity index (χ0v) is 14.5. The van der Waals surface area contributed by atoms with Gasteiger partial charge in [0.05, 0.1) is 5.69 Å². The summed E-state index contributed by atoms with van der Waals surface area (Å²) in [5.74, 6) is 1.62. The fourth-order valence-electron chi connectivity index (χ4n) is 3.34. The number of aliphatic hydroxyl groups is 1. The van der Waals surface area contributed by atoms with Crippen LogP contribution in [-0.4, -0.2) is 16.9 Å². The smallest absolute Gasteiger partial charge is 0.170 e. The first-order chi connectivity index (χ1) is 12.3. The minimum Gasteiger partial charge on any atom is -0.396 e. The molecule has 1 saturated carbocycles. The SMILES string of the molecule is Cc1noc(-c2ccc(-c3ccc(C4CC4)cc3)cc2)c1CCCO. The van der Waals surface area contributed by atoms with E-state index in [1.54, 1.807) is 0 Å². The first kappa shape index (κ1) is 16.1. The van der Waals surface area contributed by atoms with Crippen molar-refractivity contribution in [2.24, 2.45) is 0 Å². The zero-order chi connectivity index (χ0) is 17.2. The molecule has 4 rings (SSSR count). The van der Waals surface area contributed by atoms with Gasteiger partial charge in [0, 0.05) is 17.7 Å². The van der Waals surface area contributed by atoms with Gasteiger partial charge in [-0.15, -0.1) is 0 Å². The van der Waals surface area contributed by atoms with Crippen LogP contribution in [-0.2, 0) is 6.42 Å². The van der Waals surface area contributed by atoms with Crippen molar-refractivity contribution in [3.05, 3.63) is 65.4 Å². The minimum atomic E-state index is 0.180. The summed E-state index contributed by atoms with van der Waals surface area (Å²) in [6, 6.07) is 17.4. The van der Waals surface area contributed by atoms with Crippen LogP contribution >= 0.6 is 0 Å². The fraction of sp³-hybridized carbons (Fsp3) is 0.318. The Morgan fingerprint density at radius 1 is 0.960 bits per heavy atom. The number of benzene rings is 2. The summed E-state index contributed by atoms with van der Waals surface area (Å²) >= 11 is 0. The molecule has 1 aromatic heterocycles. The maximum atomic E-state index is 9.09. The third-order valence-electron chi connectivity index (χ3n) is 5.01. The van der Waals surface area contributed by atoms with Crippen LogP contribution in [0.25, 0.3) is 22.5 Å². The normalized spacial score (nSPS) is 14.0. The molecule has 0 bridgehead atoms. The van der Waals surface area contributed by atoms with Gasteiger partial charge in [-0.05, 0) is 55.2 Å². The van der Waals surface area contributed by atoms with Crippen molar-refractivity contribution in [3.8, 4) is 22.5 Å². The lowest BCUT2D eigenvalue weighted by Crippen LogP contribution is -1.92. The van der Waals surface area contributed by atoms with Crippen LogP contribution in [0, 0.1) is 6.92 Å². The molecule has 1 fully saturated rings. The van der Waals surface area contributed by atoms with Crippen LogP contribution in [0.5, 0.6) is 0 Å². The molecule has 128 valence electrons. The Hall–Kier alpha value is -2.39. The molecule has 0 unspecified atom stereocenters. The van der Waals surface area contributed by atoms with E-state index in [1.807, 2.05) is 6.92 Å². The number of hydrogen-bond acceptors (Lipinski definition) is 3. The summed E-state index contributed by atoms with van der Waals surface area (Å²) in [5, 5.41) is 13.2. The van der Waals surface area contributed by atoms with Gasteiger partial charge in [-0.1, -0.05) is 53.7 Å². The quantitative estimate of drug-likeness (QED) is 0.681. The molecule has 0 saturated heterocycles. The Morgan fingerprint density at radius 3 is 2.16 bits per heavy atom. The lowest BCUT2D eigenvalue weighted by molar-refractivity contribution is 0.288. The van der Waals surface area contributed by atoms with Gasteiger partial charge in [-0.3, -0.25) is 0 Å². The Balaban J connectivity index is 1.57. The van der Waals surface area contributed by atoms with Gasteiger partial charge in [0.2, 0.25) is 0 Å². The number of aromatic nitrogens is 1. The van der Waals surface area contributed by atoms with Gasteiger partial charge in [-0.25, -0.2) is 0 Å². The van der Waals surface area contributed by atoms with E-state index in [4.69, 9.17) is 9.63 Å². The van der Waals surface area contributed by atoms with Crippen LogP contribution in [0.3, 0.4) is 0 Å². The first-order valence-corrected chi connectivity index (χ1v) is 9.03. The number of aliphatic hydroxyl groups excluding tert-OH is 1. The number of nitrogens with zero attached hydrogens (tertiary/aromatic N) is 1. The van der Waals surface area contributed by atoms with E-state index in [0.717, 1.165) is 41.3 Å². The Labute approximate surface area is 148 Å². The van der Waals surface area contributed by atoms with Gasteiger partial charge in [0.1, 0.15) is 0 Å². The van der Waals surface area contributed by atoms with Crippen LogP contribution in [0.4, 0.5) is 0 Å². The van der Waals surface area contributed by atoms with E-state index < -0.39 is 0 Å². The third kappa shape index (κ3) is 3.38. The second-order valence-electron chi connectivity index (χ2n) is 6.88. The summed E-state index contributed by atoms with van der Waals surface area (Å²) in [5.41, 5.74) is 6.95. The molecule has 0 atom stereocenters. The fourth-order valence-corrected chi connectivity index (χ4v) is 3.34. The van der Waals surface area contributed by atoms with Crippen molar-refractivity contribution in [2.75, 3.05) is 6.61 Å². The van der Waals surface area contributed by atoms with Crippen molar-refractivity contribution < 1.29 is 9.63 Å². The molecule has 1 aliphatic carbocycles. The highest BCUT2D eigenvalue weighted by molar-refractivity contribution is 5.70. The molecule has 0 spiro atoms. The van der Waals surface area contributed by atoms with Gasteiger partial charge in [0.25, 0.3) is 0 Å². The van der Waals surface area contributed by atoms with Crippen molar-refractivity contribution in [1.82, 2.24) is 5.16 Å². The average Bonchev–Trinajstić information content (AvgIpc) is 3.44. The van der Waals surface area contributed by atoms with E-state index >= 15 is 0 Å². The largest absolute Gasteiger partial charge is 0.396 e. The first-order valence-electron chi connectivity index (χ1n) is 9.03. The summed E-state index contributed by atoms with van der Waals surface area (Å²) < 4.78 is 5.54. The topological polar surface area (TPSA) is 46.3 Å². The number of rotatable bonds is 6. The molecule has 3 aromatic rings. The van der Waals surface area contributed by atoms with Gasteiger partial charge >= 0.3 is 0 Å². The lowest BCUT2D eigenvalue weighted by atomic mass is 9.98. The van der Waals surface area contributed by atoms with Crippen molar-refractivity contribution in [1.29, 1.82) is 0 Å². The predicted molar refractivity (Wildman–Crippen MR) is 99.5 cm³/mol. The second kappa shape index (κ2) is 6.85. The van der Waals surface area contributed by atoms with E-state index in [2.05, 4.69) is 53.7 Å². The maximum absolute atomic E-state index is 9.09. The molecular weight excluding hydrogens is 310 g/mol. The van der Waals surface area contributed by atoms with Crippen molar-refractivity contribution in [3.63, 3.8) is 0 Å².